The molecule has 3 aromatic rings. The van der Waals surface area contributed by atoms with E-state index in [1.54, 1.807) is 6.20 Å². The lowest BCUT2D eigenvalue weighted by Gasteiger charge is -2.17. The number of hydrogen-bond donors (Lipinski definition) is 1. The molecule has 0 unspecified atom stereocenters. The van der Waals surface area contributed by atoms with E-state index in [0.29, 0.717) is 23.7 Å². The van der Waals surface area contributed by atoms with E-state index in [9.17, 15) is 4.79 Å². The van der Waals surface area contributed by atoms with Crippen LogP contribution in [0.5, 0.6) is 5.75 Å². The van der Waals surface area contributed by atoms with E-state index in [1.807, 2.05) is 54.8 Å². The molecule has 6 nitrogen and oxygen atoms in total. The van der Waals surface area contributed by atoms with Crippen LogP contribution in [0.3, 0.4) is 0 Å². The third kappa shape index (κ3) is 4.02. The predicted molar refractivity (Wildman–Crippen MR) is 110 cm³/mol. The minimum absolute atomic E-state index is 0.238. The van der Waals surface area contributed by atoms with Gasteiger partial charge in [0.05, 0.1) is 5.69 Å². The monoisotopic (exact) mass is 378 g/mol. The number of benzene rings is 1. The first-order valence-electron chi connectivity index (χ1n) is 9.81. The van der Waals surface area contributed by atoms with Gasteiger partial charge in [-0.3, -0.25) is 9.69 Å². The SMILES string of the molecule is Cc1ccc(OCCN2CCCC2)c(NC(=O)c2cn3cccc(C)c3n2)c1. The van der Waals surface area contributed by atoms with Gasteiger partial charge in [0.2, 0.25) is 0 Å². The first-order chi connectivity index (χ1) is 13.6. The largest absolute Gasteiger partial charge is 0.490 e. The molecule has 1 aromatic carbocycles. The fourth-order valence-corrected chi connectivity index (χ4v) is 3.61. The van der Waals surface area contributed by atoms with Gasteiger partial charge in [0.25, 0.3) is 5.91 Å². The lowest BCUT2D eigenvalue weighted by Crippen LogP contribution is -2.25. The van der Waals surface area contributed by atoms with Crippen LogP contribution in [0.2, 0.25) is 0 Å². The van der Waals surface area contributed by atoms with E-state index in [1.165, 1.54) is 12.8 Å². The molecule has 1 aliphatic heterocycles. The Morgan fingerprint density at radius 2 is 2.04 bits per heavy atom. The van der Waals surface area contributed by atoms with Crippen LogP contribution in [-0.4, -0.2) is 46.4 Å². The molecule has 2 aromatic heterocycles. The highest BCUT2D eigenvalue weighted by atomic mass is 16.5. The molecule has 0 saturated carbocycles. The number of fused-ring (bicyclic) bond motifs is 1. The molecule has 0 atom stereocenters. The molecule has 1 aliphatic rings. The maximum atomic E-state index is 12.8. The molecule has 0 spiro atoms. The average molecular weight is 378 g/mol. The van der Waals surface area contributed by atoms with Gasteiger partial charge in [-0.05, 0) is 69.1 Å². The van der Waals surface area contributed by atoms with Gasteiger partial charge in [-0.1, -0.05) is 12.1 Å². The van der Waals surface area contributed by atoms with E-state index in [0.717, 1.165) is 36.4 Å². The summed E-state index contributed by atoms with van der Waals surface area (Å²) in [6.45, 7) is 7.80. The van der Waals surface area contributed by atoms with Crippen molar-refractivity contribution in [1.82, 2.24) is 14.3 Å². The lowest BCUT2D eigenvalue weighted by atomic mass is 10.2. The molecule has 0 aliphatic carbocycles. The Morgan fingerprint density at radius 1 is 1.21 bits per heavy atom. The number of likely N-dealkylation sites (tertiary alicyclic amines) is 1. The predicted octanol–water partition coefficient (Wildman–Crippen LogP) is 3.68. The molecular formula is C22H26N4O2. The molecule has 0 bridgehead atoms. The molecule has 1 fully saturated rings. The van der Waals surface area contributed by atoms with Crippen molar-refractivity contribution in [2.45, 2.75) is 26.7 Å². The Labute approximate surface area is 165 Å². The zero-order valence-electron chi connectivity index (χ0n) is 16.4. The second-order valence-corrected chi connectivity index (χ2v) is 7.40. The van der Waals surface area contributed by atoms with Crippen molar-refractivity contribution in [3.05, 3.63) is 59.5 Å². The highest BCUT2D eigenvalue weighted by molar-refractivity contribution is 6.04. The van der Waals surface area contributed by atoms with Crippen LogP contribution in [-0.2, 0) is 0 Å². The van der Waals surface area contributed by atoms with E-state index in [-0.39, 0.29) is 5.91 Å². The van der Waals surface area contributed by atoms with Gasteiger partial charge >= 0.3 is 0 Å². The molecular weight excluding hydrogens is 352 g/mol. The molecule has 28 heavy (non-hydrogen) atoms. The van der Waals surface area contributed by atoms with Crippen LogP contribution in [0.25, 0.3) is 5.65 Å². The first kappa shape index (κ1) is 18.5. The Hall–Kier alpha value is -2.86. The van der Waals surface area contributed by atoms with Crippen molar-refractivity contribution < 1.29 is 9.53 Å². The van der Waals surface area contributed by atoms with Crippen LogP contribution in [0, 0.1) is 13.8 Å². The van der Waals surface area contributed by atoms with Crippen LogP contribution >= 0.6 is 0 Å². The summed E-state index contributed by atoms with van der Waals surface area (Å²) >= 11 is 0. The number of carbonyl (C=O) groups is 1. The van der Waals surface area contributed by atoms with Crippen molar-refractivity contribution in [3.63, 3.8) is 0 Å². The number of anilines is 1. The Kier molecular flexibility index (Phi) is 5.30. The molecule has 1 amide bonds. The number of hydrogen-bond acceptors (Lipinski definition) is 4. The number of ether oxygens (including phenoxy) is 1. The molecule has 1 saturated heterocycles. The number of aryl methyl sites for hydroxylation is 2. The third-order valence-corrected chi connectivity index (χ3v) is 5.16. The summed E-state index contributed by atoms with van der Waals surface area (Å²) in [5.74, 6) is 0.455. The second-order valence-electron chi connectivity index (χ2n) is 7.40. The summed E-state index contributed by atoms with van der Waals surface area (Å²) in [5.41, 5.74) is 3.95. The summed E-state index contributed by atoms with van der Waals surface area (Å²) in [7, 11) is 0. The maximum absolute atomic E-state index is 12.8. The number of aromatic nitrogens is 2. The van der Waals surface area contributed by atoms with E-state index in [4.69, 9.17) is 4.74 Å². The fourth-order valence-electron chi connectivity index (χ4n) is 3.61. The average Bonchev–Trinajstić information content (AvgIpc) is 3.34. The number of nitrogens with zero attached hydrogens (tertiary/aromatic N) is 3. The summed E-state index contributed by atoms with van der Waals surface area (Å²) in [6.07, 6.45) is 6.18. The zero-order valence-corrected chi connectivity index (χ0v) is 16.4. The van der Waals surface area contributed by atoms with E-state index < -0.39 is 0 Å². The van der Waals surface area contributed by atoms with Gasteiger partial charge in [0, 0.05) is 18.9 Å². The van der Waals surface area contributed by atoms with Gasteiger partial charge in [-0.15, -0.1) is 0 Å². The van der Waals surface area contributed by atoms with Crippen molar-refractivity contribution in [3.8, 4) is 5.75 Å². The number of amides is 1. The summed E-state index contributed by atoms with van der Waals surface area (Å²) in [5, 5.41) is 2.97. The standard InChI is InChI=1S/C22H26N4O2/c1-16-7-8-20(28-13-12-25-9-3-4-10-25)18(14-16)24-22(27)19-15-26-11-5-6-17(2)21(26)23-19/h5-8,11,14-15H,3-4,9-10,12-13H2,1-2H3,(H,24,27). The second kappa shape index (κ2) is 8.02. The van der Waals surface area contributed by atoms with Gasteiger partial charge < -0.3 is 14.5 Å². The van der Waals surface area contributed by atoms with Gasteiger partial charge in [-0.2, -0.15) is 0 Å². The molecule has 1 N–H and O–H groups in total. The molecule has 3 heterocycles. The quantitative estimate of drug-likeness (QED) is 0.711. The number of carbonyl (C=O) groups excluding carboxylic acids is 1. The van der Waals surface area contributed by atoms with Crippen molar-refractivity contribution in [1.29, 1.82) is 0 Å². The minimum Gasteiger partial charge on any atom is -0.490 e. The van der Waals surface area contributed by atoms with E-state index in [2.05, 4.69) is 15.2 Å². The van der Waals surface area contributed by atoms with E-state index >= 15 is 0 Å². The maximum Gasteiger partial charge on any atom is 0.275 e. The molecule has 6 heteroatoms. The normalized spacial score (nSPS) is 14.5. The minimum atomic E-state index is -0.238. The van der Waals surface area contributed by atoms with Crippen LogP contribution in [0.15, 0.2) is 42.7 Å². The molecule has 146 valence electrons. The molecule has 4 rings (SSSR count). The highest BCUT2D eigenvalue weighted by Crippen LogP contribution is 2.26. The fraction of sp³-hybridized carbons (Fsp3) is 0.364. The van der Waals surface area contributed by atoms with Crippen LogP contribution < -0.4 is 10.1 Å². The molecule has 0 radical (unpaired) electrons. The van der Waals surface area contributed by atoms with Crippen molar-refractivity contribution in [2.24, 2.45) is 0 Å². The number of imidazole rings is 1. The highest BCUT2D eigenvalue weighted by Gasteiger charge is 2.15. The Balaban J connectivity index is 1.48. The number of rotatable bonds is 6. The van der Waals surface area contributed by atoms with Crippen molar-refractivity contribution in [2.75, 3.05) is 31.6 Å². The number of pyridine rings is 1. The van der Waals surface area contributed by atoms with Crippen molar-refractivity contribution >= 4 is 17.2 Å². The Morgan fingerprint density at radius 3 is 2.82 bits per heavy atom. The summed E-state index contributed by atoms with van der Waals surface area (Å²) in [6, 6.07) is 9.78. The van der Waals surface area contributed by atoms with Gasteiger partial charge in [0.15, 0.2) is 0 Å². The van der Waals surface area contributed by atoms with Crippen LogP contribution in [0.4, 0.5) is 5.69 Å². The number of nitrogens with one attached hydrogen (secondary N) is 1. The summed E-state index contributed by atoms with van der Waals surface area (Å²) in [4.78, 5) is 19.7. The summed E-state index contributed by atoms with van der Waals surface area (Å²) < 4.78 is 7.86. The third-order valence-electron chi connectivity index (χ3n) is 5.16. The van der Waals surface area contributed by atoms with Gasteiger partial charge in [-0.25, -0.2) is 4.98 Å². The van der Waals surface area contributed by atoms with Gasteiger partial charge in [0.1, 0.15) is 23.7 Å². The first-order valence-corrected chi connectivity index (χ1v) is 9.81. The Bertz CT molecular complexity index is 989. The van der Waals surface area contributed by atoms with Crippen LogP contribution in [0.1, 0.15) is 34.5 Å². The zero-order chi connectivity index (χ0) is 19.5. The topological polar surface area (TPSA) is 58.9 Å². The lowest BCUT2D eigenvalue weighted by molar-refractivity contribution is 0.102. The smallest absolute Gasteiger partial charge is 0.275 e.